The largest absolute Gasteiger partial charge is 0.435 e. The molecule has 1 atom stereocenters. The number of Topliss-reactive ketones (excluding diaryl/α,β-unsaturated/α-hetero) is 1. The normalized spacial score (nSPS) is 11.7. The van der Waals surface area contributed by atoms with Crippen LogP contribution in [-0.2, 0) is 0 Å². The Bertz CT molecular complexity index is 648. The van der Waals surface area contributed by atoms with Crippen LogP contribution in [0, 0.1) is 11.3 Å². The van der Waals surface area contributed by atoms with E-state index in [1.807, 2.05) is 6.07 Å². The van der Waals surface area contributed by atoms with E-state index in [4.69, 9.17) is 0 Å². The summed E-state index contributed by atoms with van der Waals surface area (Å²) in [6.45, 7) is -2.91. The van der Waals surface area contributed by atoms with Gasteiger partial charge in [0.1, 0.15) is 11.7 Å². The number of benzene rings is 2. The van der Waals surface area contributed by atoms with Crippen molar-refractivity contribution in [2.24, 2.45) is 0 Å². The Hall–Kier alpha value is -2.74. The Morgan fingerprint density at radius 2 is 1.67 bits per heavy atom. The van der Waals surface area contributed by atoms with Gasteiger partial charge in [0.2, 0.25) is 0 Å². The number of hydrogen-bond acceptors (Lipinski definition) is 3. The smallest absolute Gasteiger partial charge is 0.387 e. The SMILES string of the molecule is N#CC(C(=O)c1ccccc1)c1ccc(OC(F)F)cc1. The third-order valence-electron chi connectivity index (χ3n) is 2.89. The number of carbonyl (C=O) groups is 1. The van der Waals surface area contributed by atoms with Gasteiger partial charge < -0.3 is 4.74 Å². The molecule has 21 heavy (non-hydrogen) atoms. The van der Waals surface area contributed by atoms with Crippen molar-refractivity contribution < 1.29 is 18.3 Å². The van der Waals surface area contributed by atoms with Crippen LogP contribution >= 0.6 is 0 Å². The molecule has 2 aromatic carbocycles. The molecule has 0 fully saturated rings. The maximum absolute atomic E-state index is 12.3. The number of alkyl halides is 2. The van der Waals surface area contributed by atoms with Gasteiger partial charge in [-0.3, -0.25) is 4.79 Å². The molecule has 1 unspecified atom stereocenters. The van der Waals surface area contributed by atoms with Gasteiger partial charge in [0.25, 0.3) is 0 Å². The van der Waals surface area contributed by atoms with Gasteiger partial charge in [0.05, 0.1) is 6.07 Å². The molecule has 0 aliphatic rings. The zero-order chi connectivity index (χ0) is 15.2. The molecule has 0 aliphatic carbocycles. The van der Waals surface area contributed by atoms with Gasteiger partial charge in [-0.25, -0.2) is 0 Å². The number of nitrogens with zero attached hydrogens (tertiary/aromatic N) is 1. The van der Waals surface area contributed by atoms with Crippen LogP contribution in [0.15, 0.2) is 54.6 Å². The average molecular weight is 287 g/mol. The average Bonchev–Trinajstić information content (AvgIpc) is 2.50. The van der Waals surface area contributed by atoms with Gasteiger partial charge >= 0.3 is 6.61 Å². The summed E-state index contributed by atoms with van der Waals surface area (Å²) < 4.78 is 28.4. The lowest BCUT2D eigenvalue weighted by Gasteiger charge is -2.10. The highest BCUT2D eigenvalue weighted by Crippen LogP contribution is 2.23. The summed E-state index contributed by atoms with van der Waals surface area (Å²) in [5.74, 6) is -1.33. The first-order valence-corrected chi connectivity index (χ1v) is 6.15. The number of rotatable bonds is 5. The van der Waals surface area contributed by atoms with E-state index in [0.717, 1.165) is 0 Å². The molecule has 0 amide bonds. The van der Waals surface area contributed by atoms with Crippen molar-refractivity contribution in [3.8, 4) is 11.8 Å². The molecule has 0 bridgehead atoms. The summed E-state index contributed by atoms with van der Waals surface area (Å²) in [7, 11) is 0. The van der Waals surface area contributed by atoms with E-state index in [2.05, 4.69) is 4.74 Å². The van der Waals surface area contributed by atoms with Crippen molar-refractivity contribution in [2.75, 3.05) is 0 Å². The molecule has 0 heterocycles. The van der Waals surface area contributed by atoms with Gasteiger partial charge in [0.15, 0.2) is 5.78 Å². The molecule has 0 saturated carbocycles. The van der Waals surface area contributed by atoms with Gasteiger partial charge in [-0.1, -0.05) is 42.5 Å². The molecule has 3 nitrogen and oxygen atoms in total. The number of nitriles is 1. The number of halogens is 2. The third kappa shape index (κ3) is 3.63. The molecule has 106 valence electrons. The van der Waals surface area contributed by atoms with E-state index in [1.165, 1.54) is 24.3 Å². The first-order chi connectivity index (χ1) is 10.1. The molecule has 2 aromatic rings. The number of carbonyl (C=O) groups excluding carboxylic acids is 1. The van der Waals surface area contributed by atoms with Crippen LogP contribution in [-0.4, -0.2) is 12.4 Å². The van der Waals surface area contributed by atoms with Crippen LogP contribution < -0.4 is 4.74 Å². The fourth-order valence-electron chi connectivity index (χ4n) is 1.90. The Balaban J connectivity index is 2.22. The quantitative estimate of drug-likeness (QED) is 0.786. The molecule has 0 aromatic heterocycles. The van der Waals surface area contributed by atoms with E-state index in [-0.39, 0.29) is 11.5 Å². The Morgan fingerprint density at radius 3 is 2.19 bits per heavy atom. The minimum Gasteiger partial charge on any atom is -0.435 e. The van der Waals surface area contributed by atoms with Gasteiger partial charge in [-0.2, -0.15) is 14.0 Å². The van der Waals surface area contributed by atoms with Crippen LogP contribution in [0.4, 0.5) is 8.78 Å². The first-order valence-electron chi connectivity index (χ1n) is 6.15. The van der Waals surface area contributed by atoms with Gasteiger partial charge in [-0.15, -0.1) is 0 Å². The molecular formula is C16H11F2NO2. The van der Waals surface area contributed by atoms with E-state index < -0.39 is 12.5 Å². The maximum Gasteiger partial charge on any atom is 0.387 e. The minimum absolute atomic E-state index is 0.0161. The second-order valence-electron chi connectivity index (χ2n) is 4.24. The van der Waals surface area contributed by atoms with E-state index in [1.54, 1.807) is 30.3 Å². The highest BCUT2D eigenvalue weighted by atomic mass is 19.3. The standard InChI is InChI=1S/C16H11F2NO2/c17-16(18)21-13-8-6-11(7-9-13)14(10-19)15(20)12-4-2-1-3-5-12/h1-9,14,16H. The number of ketones is 1. The monoisotopic (exact) mass is 287 g/mol. The molecule has 0 N–H and O–H groups in total. The van der Waals surface area contributed by atoms with Crippen LogP contribution in [0.3, 0.4) is 0 Å². The second kappa shape index (κ2) is 6.62. The Morgan fingerprint density at radius 1 is 1.05 bits per heavy atom. The summed E-state index contributed by atoms with van der Waals surface area (Å²) in [4.78, 5) is 12.3. The van der Waals surface area contributed by atoms with Gasteiger partial charge in [0, 0.05) is 5.56 Å². The van der Waals surface area contributed by atoms with Crippen molar-refractivity contribution in [1.29, 1.82) is 5.26 Å². The van der Waals surface area contributed by atoms with E-state index >= 15 is 0 Å². The summed E-state index contributed by atoms with van der Waals surface area (Å²) in [6.07, 6.45) is 0. The summed E-state index contributed by atoms with van der Waals surface area (Å²) in [5.41, 5.74) is 0.866. The molecular weight excluding hydrogens is 276 g/mol. The molecule has 0 saturated heterocycles. The van der Waals surface area contributed by atoms with Crippen LogP contribution in [0.5, 0.6) is 5.75 Å². The van der Waals surface area contributed by atoms with Gasteiger partial charge in [-0.05, 0) is 17.7 Å². The number of hydrogen-bond donors (Lipinski definition) is 0. The summed E-state index contributed by atoms with van der Waals surface area (Å²) >= 11 is 0. The Labute approximate surface area is 120 Å². The number of ether oxygens (including phenoxy) is 1. The van der Waals surface area contributed by atoms with Crippen molar-refractivity contribution >= 4 is 5.78 Å². The Kier molecular flexibility index (Phi) is 4.62. The molecule has 0 spiro atoms. The highest BCUT2D eigenvalue weighted by Gasteiger charge is 2.21. The molecule has 0 aliphatic heterocycles. The van der Waals surface area contributed by atoms with Crippen molar-refractivity contribution in [2.45, 2.75) is 12.5 Å². The van der Waals surface area contributed by atoms with Crippen LogP contribution in [0.1, 0.15) is 21.8 Å². The second-order valence-corrected chi connectivity index (χ2v) is 4.24. The zero-order valence-electron chi connectivity index (χ0n) is 10.9. The minimum atomic E-state index is -2.91. The topological polar surface area (TPSA) is 50.1 Å². The predicted octanol–water partition coefficient (Wildman–Crippen LogP) is 3.78. The molecule has 2 rings (SSSR count). The lowest BCUT2D eigenvalue weighted by molar-refractivity contribution is -0.0498. The summed E-state index contributed by atoms with van der Waals surface area (Å²) in [5, 5.41) is 9.20. The van der Waals surface area contributed by atoms with Crippen LogP contribution in [0.2, 0.25) is 0 Å². The van der Waals surface area contributed by atoms with E-state index in [9.17, 15) is 18.8 Å². The van der Waals surface area contributed by atoms with Crippen molar-refractivity contribution in [3.63, 3.8) is 0 Å². The summed E-state index contributed by atoms with van der Waals surface area (Å²) in [6, 6.07) is 15.9. The van der Waals surface area contributed by atoms with Crippen LogP contribution in [0.25, 0.3) is 0 Å². The van der Waals surface area contributed by atoms with Crippen molar-refractivity contribution in [3.05, 3.63) is 65.7 Å². The molecule has 5 heteroatoms. The lowest BCUT2D eigenvalue weighted by atomic mass is 9.92. The maximum atomic E-state index is 12.3. The first kappa shape index (κ1) is 14.7. The predicted molar refractivity (Wildman–Crippen MR) is 72.2 cm³/mol. The highest BCUT2D eigenvalue weighted by molar-refractivity contribution is 6.02. The van der Waals surface area contributed by atoms with E-state index in [0.29, 0.717) is 11.1 Å². The fraction of sp³-hybridized carbons (Fsp3) is 0.125. The van der Waals surface area contributed by atoms with Crippen molar-refractivity contribution in [1.82, 2.24) is 0 Å². The zero-order valence-corrected chi connectivity index (χ0v) is 10.9. The fourth-order valence-corrected chi connectivity index (χ4v) is 1.90. The lowest BCUT2D eigenvalue weighted by Crippen LogP contribution is -2.11. The molecule has 0 radical (unpaired) electrons. The third-order valence-corrected chi connectivity index (χ3v) is 2.89.